The summed E-state index contributed by atoms with van der Waals surface area (Å²) in [6, 6.07) is 0.563. The van der Waals surface area contributed by atoms with E-state index in [1.807, 2.05) is 0 Å². The molecule has 1 aliphatic carbocycles. The quantitative estimate of drug-likeness (QED) is 0.394. The molecule has 0 spiro atoms. The lowest BCUT2D eigenvalue weighted by Crippen LogP contribution is -2.48. The van der Waals surface area contributed by atoms with Crippen LogP contribution in [0.15, 0.2) is 4.99 Å². The summed E-state index contributed by atoms with van der Waals surface area (Å²) in [5.74, 6) is 2.19. The van der Waals surface area contributed by atoms with Crippen LogP contribution in [0.2, 0.25) is 0 Å². The Morgan fingerprint density at radius 2 is 1.84 bits per heavy atom. The van der Waals surface area contributed by atoms with E-state index in [2.05, 4.69) is 43.5 Å². The minimum Gasteiger partial charge on any atom is -0.396 e. The van der Waals surface area contributed by atoms with Gasteiger partial charge in [0.1, 0.15) is 0 Å². The second kappa shape index (κ2) is 13.4. The van der Waals surface area contributed by atoms with Crippen molar-refractivity contribution in [2.24, 2.45) is 16.8 Å². The number of guanidine groups is 1. The minimum atomic E-state index is 0.258. The van der Waals surface area contributed by atoms with Gasteiger partial charge in [0.05, 0.1) is 0 Å². The van der Waals surface area contributed by atoms with Crippen LogP contribution in [0.1, 0.15) is 65.2 Å². The summed E-state index contributed by atoms with van der Waals surface area (Å²) in [4.78, 5) is 7.17. The fraction of sp³-hybridized carbons (Fsp3) is 0.950. The summed E-state index contributed by atoms with van der Waals surface area (Å²) >= 11 is 0. The minimum absolute atomic E-state index is 0.258. The number of hydrogen-bond acceptors (Lipinski definition) is 3. The molecule has 5 nitrogen and oxygen atoms in total. The fourth-order valence-electron chi connectivity index (χ4n) is 3.97. The fourth-order valence-corrected chi connectivity index (χ4v) is 3.97. The van der Waals surface area contributed by atoms with Crippen molar-refractivity contribution >= 4 is 5.96 Å². The van der Waals surface area contributed by atoms with E-state index < -0.39 is 0 Å². The lowest BCUT2D eigenvalue weighted by atomic mass is 9.83. The predicted molar refractivity (Wildman–Crippen MR) is 108 cm³/mol. The van der Waals surface area contributed by atoms with E-state index in [9.17, 15) is 5.11 Å². The average molecular weight is 355 g/mol. The summed E-state index contributed by atoms with van der Waals surface area (Å²) in [5, 5.41) is 16.2. The number of likely N-dealkylation sites (N-methyl/N-ethyl adjacent to an activating group) is 1. The van der Waals surface area contributed by atoms with Gasteiger partial charge in [-0.25, -0.2) is 0 Å². The Morgan fingerprint density at radius 3 is 2.40 bits per heavy atom. The molecule has 0 saturated heterocycles. The lowest BCUT2D eigenvalue weighted by molar-refractivity contribution is 0.171. The number of nitrogens with zero attached hydrogens (tertiary/aromatic N) is 2. The Labute approximate surface area is 155 Å². The van der Waals surface area contributed by atoms with Crippen molar-refractivity contribution in [1.82, 2.24) is 15.5 Å². The van der Waals surface area contributed by atoms with Gasteiger partial charge in [-0.3, -0.25) is 4.99 Å². The van der Waals surface area contributed by atoms with Gasteiger partial charge in [0.25, 0.3) is 0 Å². The number of rotatable bonds is 11. The molecule has 0 aliphatic heterocycles. The molecule has 0 bridgehead atoms. The third-order valence-corrected chi connectivity index (χ3v) is 5.42. The van der Waals surface area contributed by atoms with Crippen LogP contribution in [0.3, 0.4) is 0 Å². The van der Waals surface area contributed by atoms with Gasteiger partial charge in [-0.15, -0.1) is 0 Å². The molecule has 1 saturated carbocycles. The van der Waals surface area contributed by atoms with Crippen molar-refractivity contribution < 1.29 is 5.11 Å². The van der Waals surface area contributed by atoms with Crippen LogP contribution in [0.4, 0.5) is 0 Å². The van der Waals surface area contributed by atoms with E-state index >= 15 is 0 Å². The molecule has 0 radical (unpaired) electrons. The average Bonchev–Trinajstić information content (AvgIpc) is 2.60. The highest BCUT2D eigenvalue weighted by molar-refractivity contribution is 5.79. The maximum absolute atomic E-state index is 9.23. The standard InChI is InChI=1S/C20H42N4O/c1-5-10-17(13-14-25)15-22-20(21-6-2)23-16-19(24(3)4)18-11-8-7-9-12-18/h17-19,25H,5-16H2,1-4H3,(H2,21,22,23). The predicted octanol–water partition coefficient (Wildman–Crippen LogP) is 2.85. The SMILES string of the molecule is CCCC(CCO)CN=C(NCC)NCC(C1CCCCC1)N(C)C. The Morgan fingerprint density at radius 1 is 1.12 bits per heavy atom. The molecule has 2 unspecified atom stereocenters. The second-order valence-corrected chi connectivity index (χ2v) is 7.70. The van der Waals surface area contributed by atoms with Gasteiger partial charge in [0, 0.05) is 32.3 Å². The van der Waals surface area contributed by atoms with Crippen LogP contribution in [-0.4, -0.2) is 62.3 Å². The number of nitrogens with one attached hydrogen (secondary N) is 2. The molecular formula is C20H42N4O. The molecule has 2 atom stereocenters. The molecule has 1 rings (SSSR count). The van der Waals surface area contributed by atoms with Gasteiger partial charge in [-0.1, -0.05) is 32.6 Å². The van der Waals surface area contributed by atoms with Crippen molar-refractivity contribution in [2.75, 3.05) is 40.3 Å². The summed E-state index contributed by atoms with van der Waals surface area (Å²) < 4.78 is 0. The molecule has 148 valence electrons. The molecule has 0 aromatic heterocycles. The molecule has 1 aliphatic rings. The molecular weight excluding hydrogens is 312 g/mol. The summed E-state index contributed by atoms with van der Waals surface area (Å²) in [5.41, 5.74) is 0. The smallest absolute Gasteiger partial charge is 0.191 e. The first-order chi connectivity index (χ1) is 12.1. The first-order valence-electron chi connectivity index (χ1n) is 10.4. The van der Waals surface area contributed by atoms with E-state index in [-0.39, 0.29) is 6.61 Å². The van der Waals surface area contributed by atoms with Crippen LogP contribution in [0.25, 0.3) is 0 Å². The lowest BCUT2D eigenvalue weighted by Gasteiger charge is -2.35. The number of hydrogen-bond donors (Lipinski definition) is 3. The maximum atomic E-state index is 9.23. The second-order valence-electron chi connectivity index (χ2n) is 7.70. The first kappa shape index (κ1) is 22.2. The zero-order valence-corrected chi connectivity index (χ0v) is 17.1. The Kier molecular flexibility index (Phi) is 11.9. The largest absolute Gasteiger partial charge is 0.396 e. The zero-order chi connectivity index (χ0) is 18.5. The van der Waals surface area contributed by atoms with Gasteiger partial charge in [-0.05, 0) is 58.5 Å². The Hall–Kier alpha value is -0.810. The van der Waals surface area contributed by atoms with Gasteiger partial charge in [0.15, 0.2) is 5.96 Å². The third kappa shape index (κ3) is 8.91. The molecule has 25 heavy (non-hydrogen) atoms. The normalized spacial score (nSPS) is 19.0. The highest BCUT2D eigenvalue weighted by atomic mass is 16.3. The zero-order valence-electron chi connectivity index (χ0n) is 17.1. The van der Waals surface area contributed by atoms with E-state index in [1.54, 1.807) is 0 Å². The highest BCUT2D eigenvalue weighted by Gasteiger charge is 2.25. The van der Waals surface area contributed by atoms with Gasteiger partial charge >= 0.3 is 0 Å². The first-order valence-corrected chi connectivity index (χ1v) is 10.4. The van der Waals surface area contributed by atoms with E-state index in [1.165, 1.54) is 32.1 Å². The molecule has 0 heterocycles. The monoisotopic (exact) mass is 354 g/mol. The van der Waals surface area contributed by atoms with E-state index in [0.717, 1.165) is 50.8 Å². The molecule has 3 N–H and O–H groups in total. The van der Waals surface area contributed by atoms with Crippen molar-refractivity contribution in [1.29, 1.82) is 0 Å². The Bertz CT molecular complexity index is 348. The van der Waals surface area contributed by atoms with Crippen LogP contribution in [0, 0.1) is 11.8 Å². The summed E-state index contributed by atoms with van der Waals surface area (Å²) in [6.45, 7) is 7.18. The molecule has 0 amide bonds. The molecule has 5 heteroatoms. The van der Waals surface area contributed by atoms with Crippen molar-refractivity contribution in [3.8, 4) is 0 Å². The van der Waals surface area contributed by atoms with Crippen LogP contribution >= 0.6 is 0 Å². The van der Waals surface area contributed by atoms with Crippen LogP contribution < -0.4 is 10.6 Å². The van der Waals surface area contributed by atoms with E-state index in [0.29, 0.717) is 12.0 Å². The van der Waals surface area contributed by atoms with Crippen molar-refractivity contribution in [3.63, 3.8) is 0 Å². The summed E-state index contributed by atoms with van der Waals surface area (Å²) in [7, 11) is 4.40. The van der Waals surface area contributed by atoms with Crippen molar-refractivity contribution in [3.05, 3.63) is 0 Å². The molecule has 0 aromatic carbocycles. The van der Waals surface area contributed by atoms with Gasteiger partial charge in [-0.2, -0.15) is 0 Å². The van der Waals surface area contributed by atoms with Crippen LogP contribution in [0.5, 0.6) is 0 Å². The Balaban J connectivity index is 2.59. The van der Waals surface area contributed by atoms with Gasteiger partial charge < -0.3 is 20.6 Å². The van der Waals surface area contributed by atoms with Gasteiger partial charge in [0.2, 0.25) is 0 Å². The molecule has 1 fully saturated rings. The van der Waals surface area contributed by atoms with E-state index in [4.69, 9.17) is 4.99 Å². The molecule has 0 aromatic rings. The van der Waals surface area contributed by atoms with Crippen molar-refractivity contribution in [2.45, 2.75) is 71.3 Å². The summed E-state index contributed by atoms with van der Waals surface area (Å²) in [6.07, 6.45) is 9.99. The third-order valence-electron chi connectivity index (χ3n) is 5.42. The number of aliphatic hydroxyl groups is 1. The maximum Gasteiger partial charge on any atom is 0.191 e. The number of aliphatic imine (C=N–C) groups is 1. The van der Waals surface area contributed by atoms with Crippen LogP contribution in [-0.2, 0) is 0 Å². The number of aliphatic hydroxyl groups excluding tert-OH is 1. The topological polar surface area (TPSA) is 59.9 Å². The highest BCUT2D eigenvalue weighted by Crippen LogP contribution is 2.28.